The van der Waals surface area contributed by atoms with Crippen molar-refractivity contribution in [3.8, 4) is 0 Å². The second kappa shape index (κ2) is 12.2. The van der Waals surface area contributed by atoms with Crippen LogP contribution in [0.25, 0.3) is 0 Å². The fraction of sp³-hybridized carbons (Fsp3) is 0.667. The van der Waals surface area contributed by atoms with Gasteiger partial charge in [-0.1, -0.05) is 19.1 Å². The Morgan fingerprint density at radius 1 is 0.938 bits per heavy atom. The van der Waals surface area contributed by atoms with Crippen LogP contribution >= 0.6 is 0 Å². The molecule has 0 saturated heterocycles. The van der Waals surface area contributed by atoms with E-state index >= 15 is 0 Å². The molecular formula is C12H24O4. The topological polar surface area (TPSA) is 69.9 Å². The minimum Gasteiger partial charge on any atom is -0.473 e. The first-order chi connectivity index (χ1) is 7.66. The molecule has 4 nitrogen and oxygen atoms in total. The van der Waals surface area contributed by atoms with Crippen molar-refractivity contribution >= 4 is 0 Å². The molecule has 0 aliphatic rings. The summed E-state index contributed by atoms with van der Waals surface area (Å²) in [6.07, 6.45) is 7.51. The zero-order valence-corrected chi connectivity index (χ0v) is 10.4. The lowest BCUT2D eigenvalue weighted by atomic mass is 9.88. The highest BCUT2D eigenvalue weighted by molar-refractivity contribution is 4.74. The molecule has 0 spiro atoms. The van der Waals surface area contributed by atoms with E-state index in [0.717, 1.165) is 0 Å². The second-order valence-electron chi connectivity index (χ2n) is 3.40. The number of hydrogen-bond acceptors (Lipinski definition) is 4. The van der Waals surface area contributed by atoms with Crippen molar-refractivity contribution in [1.29, 1.82) is 0 Å². The molecule has 0 aromatic rings. The van der Waals surface area contributed by atoms with E-state index in [4.69, 9.17) is 20.1 Å². The maximum atomic E-state index is 8.66. The molecule has 4 heteroatoms. The molecule has 0 radical (unpaired) electrons. The Labute approximate surface area is 97.9 Å². The molecule has 0 rings (SSSR count). The van der Waals surface area contributed by atoms with Crippen molar-refractivity contribution in [2.75, 3.05) is 19.8 Å². The van der Waals surface area contributed by atoms with Gasteiger partial charge in [0.2, 0.25) is 0 Å². The number of aliphatic hydroxyl groups excluding tert-OH is 3. The minimum absolute atomic E-state index is 0.156. The van der Waals surface area contributed by atoms with E-state index < -0.39 is 5.41 Å². The molecule has 96 valence electrons. The van der Waals surface area contributed by atoms with Gasteiger partial charge in [-0.25, -0.2) is 0 Å². The van der Waals surface area contributed by atoms with Gasteiger partial charge in [-0.3, -0.25) is 0 Å². The van der Waals surface area contributed by atoms with Crippen molar-refractivity contribution < 1.29 is 20.1 Å². The zero-order chi connectivity index (χ0) is 12.9. The minimum atomic E-state index is -0.667. The summed E-state index contributed by atoms with van der Waals surface area (Å²) in [4.78, 5) is 0. The molecule has 0 amide bonds. The van der Waals surface area contributed by atoms with Gasteiger partial charge in [0.15, 0.2) is 0 Å². The van der Waals surface area contributed by atoms with E-state index in [1.54, 1.807) is 12.5 Å². The molecule has 0 aromatic carbocycles. The number of ether oxygens (including phenoxy) is 1. The van der Waals surface area contributed by atoms with Gasteiger partial charge in [-0.2, -0.15) is 0 Å². The van der Waals surface area contributed by atoms with Crippen molar-refractivity contribution in [3.05, 3.63) is 24.7 Å². The summed E-state index contributed by atoms with van der Waals surface area (Å²) in [7, 11) is 0. The van der Waals surface area contributed by atoms with Crippen LogP contribution in [0.2, 0.25) is 0 Å². The molecule has 0 bridgehead atoms. The second-order valence-corrected chi connectivity index (χ2v) is 3.40. The highest BCUT2D eigenvalue weighted by atomic mass is 16.5. The fourth-order valence-corrected chi connectivity index (χ4v) is 0.688. The Kier molecular flexibility index (Phi) is 13.4. The molecule has 3 N–H and O–H groups in total. The summed E-state index contributed by atoms with van der Waals surface area (Å²) < 4.78 is 4.77. The van der Waals surface area contributed by atoms with Crippen LogP contribution in [0.5, 0.6) is 0 Å². The van der Waals surface area contributed by atoms with Gasteiger partial charge in [-0.05, 0) is 20.3 Å². The van der Waals surface area contributed by atoms with E-state index in [9.17, 15) is 0 Å². The third-order valence-corrected chi connectivity index (χ3v) is 2.19. The largest absolute Gasteiger partial charge is 0.473 e. The zero-order valence-electron chi connectivity index (χ0n) is 10.4. The Morgan fingerprint density at radius 3 is 1.44 bits per heavy atom. The lowest BCUT2D eigenvalue weighted by molar-refractivity contribution is 0.00304. The maximum Gasteiger partial charge on any atom is 0.0858 e. The van der Waals surface area contributed by atoms with Crippen LogP contribution in [-0.4, -0.2) is 35.1 Å². The van der Waals surface area contributed by atoms with E-state index in [1.807, 2.05) is 32.9 Å². The highest BCUT2D eigenvalue weighted by Crippen LogP contribution is 2.18. The normalized spacial score (nSPS) is 11.6. The van der Waals surface area contributed by atoms with Gasteiger partial charge in [0, 0.05) is 5.41 Å². The first kappa shape index (κ1) is 17.6. The number of hydrogen-bond donors (Lipinski definition) is 3. The van der Waals surface area contributed by atoms with Gasteiger partial charge in [0.1, 0.15) is 0 Å². The van der Waals surface area contributed by atoms with Crippen LogP contribution in [0.15, 0.2) is 24.7 Å². The molecule has 0 heterocycles. The van der Waals surface area contributed by atoms with Crippen molar-refractivity contribution in [3.63, 3.8) is 0 Å². The lowest BCUT2D eigenvalue weighted by Crippen LogP contribution is -2.32. The van der Waals surface area contributed by atoms with Crippen LogP contribution in [0.1, 0.15) is 27.2 Å². The Morgan fingerprint density at radius 2 is 1.31 bits per heavy atom. The third-order valence-electron chi connectivity index (χ3n) is 2.19. The summed E-state index contributed by atoms with van der Waals surface area (Å²) >= 11 is 0. The summed E-state index contributed by atoms with van der Waals surface area (Å²) in [6, 6.07) is 0. The average Bonchev–Trinajstić information content (AvgIpc) is 2.34. The summed E-state index contributed by atoms with van der Waals surface area (Å²) in [5.74, 6) is 0. The van der Waals surface area contributed by atoms with Gasteiger partial charge in [-0.15, -0.1) is 0 Å². The predicted molar refractivity (Wildman–Crippen MR) is 64.7 cm³/mol. The first-order valence-corrected chi connectivity index (χ1v) is 5.36. The molecule has 0 saturated carbocycles. The molecule has 0 fully saturated rings. The van der Waals surface area contributed by atoms with Crippen LogP contribution in [0.4, 0.5) is 0 Å². The molecule has 0 aromatic heterocycles. The first-order valence-electron chi connectivity index (χ1n) is 5.36. The van der Waals surface area contributed by atoms with Crippen LogP contribution in [-0.2, 0) is 4.74 Å². The SMILES string of the molecule is C/C=C\O/C=C\C.CCC(CO)(CO)CO. The number of rotatable bonds is 6. The van der Waals surface area contributed by atoms with Gasteiger partial charge < -0.3 is 20.1 Å². The molecule has 16 heavy (non-hydrogen) atoms. The van der Waals surface area contributed by atoms with E-state index in [2.05, 4.69) is 0 Å². The predicted octanol–water partition coefficient (Wildman–Crippen LogP) is 1.43. The maximum absolute atomic E-state index is 8.66. The average molecular weight is 232 g/mol. The number of allylic oxidation sites excluding steroid dienone is 2. The van der Waals surface area contributed by atoms with Gasteiger partial charge in [0.05, 0.1) is 32.3 Å². The van der Waals surface area contributed by atoms with Crippen LogP contribution in [0, 0.1) is 5.41 Å². The van der Waals surface area contributed by atoms with Gasteiger partial charge in [0.25, 0.3) is 0 Å². The van der Waals surface area contributed by atoms with E-state index in [-0.39, 0.29) is 19.8 Å². The molecule has 0 atom stereocenters. The van der Waals surface area contributed by atoms with Crippen LogP contribution < -0.4 is 0 Å². The summed E-state index contributed by atoms with van der Waals surface area (Å²) in [5, 5.41) is 26.0. The summed E-state index contributed by atoms with van der Waals surface area (Å²) in [5.41, 5.74) is -0.667. The Balaban J connectivity index is 0. The smallest absolute Gasteiger partial charge is 0.0858 e. The third kappa shape index (κ3) is 8.47. The quantitative estimate of drug-likeness (QED) is 0.606. The molecule has 0 aliphatic carbocycles. The van der Waals surface area contributed by atoms with Crippen molar-refractivity contribution in [1.82, 2.24) is 0 Å². The monoisotopic (exact) mass is 232 g/mol. The van der Waals surface area contributed by atoms with Crippen molar-refractivity contribution in [2.24, 2.45) is 5.41 Å². The Bertz CT molecular complexity index is 156. The molecule has 0 unspecified atom stereocenters. The lowest BCUT2D eigenvalue weighted by Gasteiger charge is -2.24. The standard InChI is InChI=1S/C6H14O3.C6H10O/c1-2-6(3-7,4-8)5-9;1-3-5-7-6-4-2/h7-9H,2-5H2,1H3;3-6H,1-2H3/b;5-3-,6-4-. The van der Waals surface area contributed by atoms with Crippen LogP contribution in [0.3, 0.4) is 0 Å². The molecule has 0 aliphatic heterocycles. The number of aliphatic hydroxyl groups is 3. The van der Waals surface area contributed by atoms with E-state index in [0.29, 0.717) is 6.42 Å². The molecular weight excluding hydrogens is 208 g/mol. The summed E-state index contributed by atoms with van der Waals surface area (Å²) in [6.45, 7) is 5.17. The Hall–Kier alpha value is -0.840. The van der Waals surface area contributed by atoms with Gasteiger partial charge >= 0.3 is 0 Å². The van der Waals surface area contributed by atoms with E-state index in [1.165, 1.54) is 0 Å². The fourth-order valence-electron chi connectivity index (χ4n) is 0.688. The van der Waals surface area contributed by atoms with Crippen molar-refractivity contribution in [2.45, 2.75) is 27.2 Å². The highest BCUT2D eigenvalue weighted by Gasteiger charge is 2.24.